The Morgan fingerprint density at radius 3 is 2.33 bits per heavy atom. The number of carbonyl (C=O) groups is 4. The molecule has 2 saturated heterocycles. The van der Waals surface area contributed by atoms with Crippen molar-refractivity contribution in [1.29, 1.82) is 0 Å². The summed E-state index contributed by atoms with van der Waals surface area (Å²) < 4.78 is 45.6. The van der Waals surface area contributed by atoms with E-state index in [4.69, 9.17) is 33.2 Å². The van der Waals surface area contributed by atoms with Gasteiger partial charge in [-0.25, -0.2) is 4.79 Å². The van der Waals surface area contributed by atoms with E-state index in [-0.39, 0.29) is 19.8 Å². The lowest BCUT2D eigenvalue weighted by molar-refractivity contribution is -0.266. The molecule has 18 heteroatoms. The van der Waals surface area contributed by atoms with Crippen molar-refractivity contribution < 1.29 is 62.2 Å². The molecule has 0 spiro atoms. The number of aliphatic hydroxyl groups excluding tert-OH is 1. The summed E-state index contributed by atoms with van der Waals surface area (Å²) in [7, 11) is 1.21. The standard InChI is InChI=1S/C39H49N5O13/c1-6-29-34(48)36(54-20-31(47)50-5)33(43-44-40)38(56-29)51-16-15-24-11-13-25(14-12-24)18-53-35-21(2)30(19-52-22(3)45)57-39(55-23(4)46)32(35)42-37(49)28-17-26-9-7-8-10-27(26)41-28/h7-14,17,21,29-30,32-36,38-39,41,48H,6,15-16,18-20H2,1-5H3,(H,42,49)/t21-,29?,30?,32?,33?,34+,35-,36+,38+,39?/m0/s1. The quantitative estimate of drug-likeness (QED) is 0.0582. The highest BCUT2D eigenvalue weighted by atomic mass is 16.7. The number of nitrogens with zero attached hydrogens (tertiary/aromatic N) is 3. The molecule has 3 heterocycles. The number of carbonyl (C=O) groups excluding carboxylic acids is 4. The number of esters is 3. The first-order valence-corrected chi connectivity index (χ1v) is 18.6. The Morgan fingerprint density at radius 2 is 1.67 bits per heavy atom. The third kappa shape index (κ3) is 11.3. The lowest BCUT2D eigenvalue weighted by Crippen LogP contribution is -2.63. The number of azide groups is 1. The van der Waals surface area contributed by atoms with Gasteiger partial charge in [-0.2, -0.15) is 0 Å². The zero-order valence-corrected chi connectivity index (χ0v) is 32.4. The van der Waals surface area contributed by atoms with Gasteiger partial charge in [0.15, 0.2) is 6.29 Å². The van der Waals surface area contributed by atoms with E-state index in [2.05, 4.69) is 25.1 Å². The van der Waals surface area contributed by atoms with E-state index in [0.29, 0.717) is 18.5 Å². The highest BCUT2D eigenvalue weighted by molar-refractivity contribution is 5.98. The Bertz CT molecular complexity index is 1850. The van der Waals surface area contributed by atoms with Crippen LogP contribution in [-0.2, 0) is 65.3 Å². The number of amides is 1. The zero-order chi connectivity index (χ0) is 41.1. The van der Waals surface area contributed by atoms with Gasteiger partial charge in [-0.3, -0.25) is 14.4 Å². The topological polar surface area (TPSA) is 239 Å². The van der Waals surface area contributed by atoms with Crippen molar-refractivity contribution in [2.75, 3.05) is 26.9 Å². The van der Waals surface area contributed by atoms with Crippen molar-refractivity contribution in [3.05, 3.63) is 81.9 Å². The Morgan fingerprint density at radius 1 is 0.947 bits per heavy atom. The van der Waals surface area contributed by atoms with E-state index < -0.39 is 91.5 Å². The number of benzene rings is 2. The van der Waals surface area contributed by atoms with Crippen LogP contribution >= 0.6 is 0 Å². The van der Waals surface area contributed by atoms with E-state index in [9.17, 15) is 29.8 Å². The Hall–Kier alpha value is -5.07. The second-order valence-corrected chi connectivity index (χ2v) is 13.8. The molecule has 1 aromatic heterocycles. The van der Waals surface area contributed by atoms with Crippen LogP contribution in [0.1, 0.15) is 55.7 Å². The maximum atomic E-state index is 13.6. The Balaban J connectivity index is 1.26. The Labute approximate surface area is 329 Å². The molecule has 2 aromatic carbocycles. The number of hydrogen-bond donors (Lipinski definition) is 3. The average molecular weight is 796 g/mol. The molecule has 1 amide bonds. The number of para-hydroxylation sites is 1. The van der Waals surface area contributed by atoms with Gasteiger partial charge in [0, 0.05) is 35.6 Å². The van der Waals surface area contributed by atoms with Gasteiger partial charge in [-0.05, 0) is 41.6 Å². The molecule has 0 bridgehead atoms. The molecule has 10 atom stereocenters. The number of aromatic nitrogens is 1. The molecule has 0 radical (unpaired) electrons. The van der Waals surface area contributed by atoms with Gasteiger partial charge in [0.25, 0.3) is 5.91 Å². The second-order valence-electron chi connectivity index (χ2n) is 13.8. The van der Waals surface area contributed by atoms with Gasteiger partial charge < -0.3 is 53.3 Å². The SMILES string of the molecule is CCC1O[C@@H](OCCc2ccc(CO[C@@H]3C(NC(=O)c4cc5ccccc5[nH]4)C(OC(C)=O)OC(COC(C)=O)[C@@H]3C)cc2)C(N=[N+]=[N-])[C@@H](OCC(=O)OC)[C@@H]1O. The third-order valence-electron chi connectivity index (χ3n) is 9.85. The van der Waals surface area contributed by atoms with E-state index in [0.717, 1.165) is 22.0 Å². The van der Waals surface area contributed by atoms with Gasteiger partial charge in [0.2, 0.25) is 6.29 Å². The molecule has 0 aliphatic carbocycles. The third-order valence-corrected chi connectivity index (χ3v) is 9.85. The molecule has 57 heavy (non-hydrogen) atoms. The number of aromatic amines is 1. The number of nitrogens with one attached hydrogen (secondary N) is 2. The van der Waals surface area contributed by atoms with Crippen molar-refractivity contribution in [2.45, 2.75) is 102 Å². The number of hydrogen-bond acceptors (Lipinski definition) is 14. The van der Waals surface area contributed by atoms with Crippen molar-refractivity contribution in [1.82, 2.24) is 10.3 Å². The first-order chi connectivity index (χ1) is 27.4. The van der Waals surface area contributed by atoms with Crippen LogP contribution in [0.2, 0.25) is 0 Å². The molecule has 5 unspecified atom stereocenters. The number of ether oxygens (including phenoxy) is 8. The normalized spacial score (nSPS) is 27.2. The van der Waals surface area contributed by atoms with Crippen molar-refractivity contribution in [3.63, 3.8) is 0 Å². The fourth-order valence-corrected chi connectivity index (χ4v) is 6.82. The molecule has 2 aliphatic rings. The van der Waals surface area contributed by atoms with Crippen molar-refractivity contribution >= 4 is 34.7 Å². The van der Waals surface area contributed by atoms with Crippen LogP contribution in [0.25, 0.3) is 21.3 Å². The van der Waals surface area contributed by atoms with Crippen LogP contribution in [0.5, 0.6) is 0 Å². The molecule has 2 aliphatic heterocycles. The molecular formula is C39H49N5O13. The lowest BCUT2D eigenvalue weighted by Gasteiger charge is -2.44. The van der Waals surface area contributed by atoms with Gasteiger partial charge in [0.1, 0.15) is 49.3 Å². The number of rotatable bonds is 17. The van der Waals surface area contributed by atoms with E-state index in [1.54, 1.807) is 6.07 Å². The van der Waals surface area contributed by atoms with Crippen molar-refractivity contribution in [2.24, 2.45) is 11.0 Å². The fraction of sp³-hybridized carbons (Fsp3) is 0.538. The van der Waals surface area contributed by atoms with Crippen LogP contribution in [0.3, 0.4) is 0 Å². The summed E-state index contributed by atoms with van der Waals surface area (Å²) in [6.07, 6.45) is -5.85. The summed E-state index contributed by atoms with van der Waals surface area (Å²) >= 11 is 0. The fourth-order valence-electron chi connectivity index (χ4n) is 6.82. The number of H-pyrrole nitrogens is 1. The minimum absolute atomic E-state index is 0.106. The summed E-state index contributed by atoms with van der Waals surface area (Å²) in [5.41, 5.74) is 12.0. The van der Waals surface area contributed by atoms with Crippen LogP contribution in [0.15, 0.2) is 59.7 Å². The van der Waals surface area contributed by atoms with E-state index in [1.165, 1.54) is 21.0 Å². The molecule has 5 rings (SSSR count). The highest BCUT2D eigenvalue weighted by Gasteiger charge is 2.48. The smallest absolute Gasteiger partial charge is 0.331 e. The van der Waals surface area contributed by atoms with E-state index in [1.807, 2.05) is 62.4 Å². The summed E-state index contributed by atoms with van der Waals surface area (Å²) in [6.45, 7) is 5.85. The Kier molecular flexibility index (Phi) is 15.4. The first-order valence-electron chi connectivity index (χ1n) is 18.6. The lowest BCUT2D eigenvalue weighted by atomic mass is 9.88. The number of fused-ring (bicyclic) bond motifs is 1. The molecule has 18 nitrogen and oxygen atoms in total. The molecule has 0 saturated carbocycles. The average Bonchev–Trinajstić information content (AvgIpc) is 3.64. The van der Waals surface area contributed by atoms with Gasteiger partial charge >= 0.3 is 17.9 Å². The van der Waals surface area contributed by atoms with E-state index >= 15 is 0 Å². The number of aliphatic hydroxyl groups is 1. The zero-order valence-electron chi connectivity index (χ0n) is 32.4. The summed E-state index contributed by atoms with van der Waals surface area (Å²) in [4.78, 5) is 55.2. The predicted octanol–water partition coefficient (Wildman–Crippen LogP) is 3.63. The van der Waals surface area contributed by atoms with Gasteiger partial charge in [0.05, 0.1) is 32.5 Å². The summed E-state index contributed by atoms with van der Waals surface area (Å²) in [6, 6.07) is 14.7. The highest BCUT2D eigenvalue weighted by Crippen LogP contribution is 2.32. The van der Waals surface area contributed by atoms with Crippen LogP contribution < -0.4 is 5.32 Å². The van der Waals surface area contributed by atoms with Crippen LogP contribution in [0, 0.1) is 5.92 Å². The summed E-state index contributed by atoms with van der Waals surface area (Å²) in [5, 5.41) is 18.4. The van der Waals surface area contributed by atoms with Crippen LogP contribution in [0.4, 0.5) is 0 Å². The molecule has 3 N–H and O–H groups in total. The van der Waals surface area contributed by atoms with Crippen LogP contribution in [-0.4, -0.2) is 116 Å². The second kappa shape index (κ2) is 20.4. The maximum Gasteiger partial charge on any atom is 0.331 e. The number of methoxy groups -OCH3 is 1. The minimum Gasteiger partial charge on any atom is -0.467 e. The minimum atomic E-state index is -1.25. The summed E-state index contributed by atoms with van der Waals surface area (Å²) in [5.74, 6) is -2.69. The predicted molar refractivity (Wildman–Crippen MR) is 200 cm³/mol. The van der Waals surface area contributed by atoms with Gasteiger partial charge in [-0.1, -0.05) is 61.4 Å². The molecule has 2 fully saturated rings. The van der Waals surface area contributed by atoms with Crippen molar-refractivity contribution in [3.8, 4) is 0 Å². The molecule has 3 aromatic rings. The maximum absolute atomic E-state index is 13.6. The largest absolute Gasteiger partial charge is 0.467 e. The van der Waals surface area contributed by atoms with Gasteiger partial charge in [-0.15, -0.1) is 0 Å². The monoisotopic (exact) mass is 795 g/mol. The molecular weight excluding hydrogens is 746 g/mol. The molecule has 308 valence electrons. The first kappa shape index (κ1) is 43.1.